The molecule has 12 heavy (non-hydrogen) atoms. The van der Waals surface area contributed by atoms with Crippen LogP contribution in [-0.4, -0.2) is 19.7 Å². The summed E-state index contributed by atoms with van der Waals surface area (Å²) in [5, 5.41) is 3.98. The monoisotopic (exact) mass is 160 g/mol. The van der Waals surface area contributed by atoms with E-state index in [2.05, 4.69) is 15.1 Å². The summed E-state index contributed by atoms with van der Waals surface area (Å²) in [6.07, 6.45) is 4.91. The van der Waals surface area contributed by atoms with Crippen LogP contribution in [0.3, 0.4) is 0 Å². The third-order valence-electron chi connectivity index (χ3n) is 1.58. The molecule has 0 radical (unpaired) electrons. The molecule has 60 valence electrons. The van der Waals surface area contributed by atoms with Crippen molar-refractivity contribution < 1.29 is 0 Å². The highest BCUT2D eigenvalue weighted by molar-refractivity contribution is 5.27. The summed E-state index contributed by atoms with van der Waals surface area (Å²) in [4.78, 5) is 7.99. The molecule has 4 heteroatoms. The Balaban J connectivity index is 2.43. The van der Waals surface area contributed by atoms with Gasteiger partial charge in [-0.25, -0.2) is 9.67 Å². The maximum absolute atomic E-state index is 4.15. The molecule has 0 aliphatic rings. The molecule has 0 saturated carbocycles. The number of aromatic nitrogens is 4. The summed E-state index contributed by atoms with van der Waals surface area (Å²) >= 11 is 0. The van der Waals surface area contributed by atoms with Gasteiger partial charge in [0.25, 0.3) is 0 Å². The standard InChI is InChI=1S/C8H8N4/c1-7-2-3-8(4-10-7)12-6-9-5-11-12/h2-6H,1H3. The van der Waals surface area contributed by atoms with Crippen LogP contribution in [0.2, 0.25) is 0 Å². The van der Waals surface area contributed by atoms with Crippen molar-refractivity contribution in [3.8, 4) is 5.69 Å². The van der Waals surface area contributed by atoms with Crippen molar-refractivity contribution in [3.63, 3.8) is 0 Å². The largest absolute Gasteiger partial charge is 0.259 e. The van der Waals surface area contributed by atoms with E-state index in [1.54, 1.807) is 17.2 Å². The first-order chi connectivity index (χ1) is 5.86. The average molecular weight is 160 g/mol. The van der Waals surface area contributed by atoms with Crippen LogP contribution in [0.25, 0.3) is 5.69 Å². The van der Waals surface area contributed by atoms with Gasteiger partial charge in [-0.3, -0.25) is 4.98 Å². The molecule has 0 aliphatic heterocycles. The molecular formula is C8H8N4. The highest BCUT2D eigenvalue weighted by Gasteiger charge is 1.94. The molecule has 2 aromatic rings. The van der Waals surface area contributed by atoms with E-state index in [0.29, 0.717) is 0 Å². The summed E-state index contributed by atoms with van der Waals surface area (Å²) in [5.41, 5.74) is 1.93. The van der Waals surface area contributed by atoms with E-state index < -0.39 is 0 Å². The Hall–Kier alpha value is -1.71. The Kier molecular flexibility index (Phi) is 1.59. The Morgan fingerprint density at radius 2 is 2.25 bits per heavy atom. The molecule has 0 N–H and O–H groups in total. The molecule has 2 heterocycles. The lowest BCUT2D eigenvalue weighted by Gasteiger charge is -1.98. The van der Waals surface area contributed by atoms with Gasteiger partial charge < -0.3 is 0 Å². The third kappa shape index (κ3) is 1.18. The second-order valence-corrected chi connectivity index (χ2v) is 2.50. The first kappa shape index (κ1) is 6.97. The minimum atomic E-state index is 0.929. The summed E-state index contributed by atoms with van der Waals surface area (Å²) < 4.78 is 1.67. The fourth-order valence-electron chi connectivity index (χ4n) is 0.937. The Labute approximate surface area is 69.9 Å². The average Bonchev–Trinajstić information content (AvgIpc) is 2.58. The molecule has 0 saturated heterocycles. The van der Waals surface area contributed by atoms with Crippen LogP contribution in [-0.2, 0) is 0 Å². The topological polar surface area (TPSA) is 43.6 Å². The van der Waals surface area contributed by atoms with Gasteiger partial charge in [0.05, 0.1) is 11.9 Å². The zero-order valence-electron chi connectivity index (χ0n) is 6.68. The van der Waals surface area contributed by atoms with E-state index in [9.17, 15) is 0 Å². The summed E-state index contributed by atoms with van der Waals surface area (Å²) in [6, 6.07) is 3.90. The lowest BCUT2D eigenvalue weighted by atomic mass is 10.3. The van der Waals surface area contributed by atoms with Gasteiger partial charge in [0.1, 0.15) is 12.7 Å². The molecule has 0 unspecified atom stereocenters. The van der Waals surface area contributed by atoms with Crippen molar-refractivity contribution in [1.29, 1.82) is 0 Å². The smallest absolute Gasteiger partial charge is 0.138 e. The molecule has 0 atom stereocenters. The van der Waals surface area contributed by atoms with Gasteiger partial charge in [-0.05, 0) is 19.1 Å². The first-order valence-electron chi connectivity index (χ1n) is 3.64. The quantitative estimate of drug-likeness (QED) is 0.624. The second-order valence-electron chi connectivity index (χ2n) is 2.50. The number of hydrogen-bond acceptors (Lipinski definition) is 3. The maximum atomic E-state index is 4.15. The van der Waals surface area contributed by atoms with Crippen molar-refractivity contribution in [2.24, 2.45) is 0 Å². The van der Waals surface area contributed by atoms with Crippen LogP contribution in [0, 0.1) is 6.92 Å². The Morgan fingerprint density at radius 3 is 2.83 bits per heavy atom. The van der Waals surface area contributed by atoms with Crippen LogP contribution >= 0.6 is 0 Å². The van der Waals surface area contributed by atoms with Crippen LogP contribution in [0.1, 0.15) is 5.69 Å². The van der Waals surface area contributed by atoms with Crippen LogP contribution in [0.4, 0.5) is 0 Å². The van der Waals surface area contributed by atoms with Crippen molar-refractivity contribution in [3.05, 3.63) is 36.7 Å². The molecule has 0 fully saturated rings. The zero-order valence-corrected chi connectivity index (χ0v) is 6.68. The van der Waals surface area contributed by atoms with Gasteiger partial charge in [-0.1, -0.05) is 0 Å². The minimum Gasteiger partial charge on any atom is -0.259 e. The lowest BCUT2D eigenvalue weighted by Crippen LogP contribution is -1.94. The van der Waals surface area contributed by atoms with Gasteiger partial charge in [0.15, 0.2) is 0 Å². The summed E-state index contributed by atoms with van der Waals surface area (Å²) in [7, 11) is 0. The van der Waals surface area contributed by atoms with Gasteiger partial charge in [0, 0.05) is 5.69 Å². The molecule has 2 rings (SSSR count). The van der Waals surface area contributed by atoms with Crippen LogP contribution in [0.5, 0.6) is 0 Å². The fraction of sp³-hybridized carbons (Fsp3) is 0.125. The van der Waals surface area contributed by atoms with E-state index in [0.717, 1.165) is 11.4 Å². The van der Waals surface area contributed by atoms with Crippen molar-refractivity contribution in [2.75, 3.05) is 0 Å². The predicted molar refractivity (Wildman–Crippen MR) is 43.9 cm³/mol. The van der Waals surface area contributed by atoms with E-state index >= 15 is 0 Å². The number of aryl methyl sites for hydroxylation is 1. The highest BCUT2D eigenvalue weighted by Crippen LogP contribution is 2.02. The molecule has 0 spiro atoms. The molecular weight excluding hydrogens is 152 g/mol. The predicted octanol–water partition coefficient (Wildman–Crippen LogP) is 0.971. The minimum absolute atomic E-state index is 0.929. The highest BCUT2D eigenvalue weighted by atomic mass is 15.3. The third-order valence-corrected chi connectivity index (χ3v) is 1.58. The van der Waals surface area contributed by atoms with E-state index in [-0.39, 0.29) is 0 Å². The SMILES string of the molecule is Cc1ccc(-n2cncn2)cn1. The van der Waals surface area contributed by atoms with E-state index in [1.165, 1.54) is 6.33 Å². The van der Waals surface area contributed by atoms with E-state index in [4.69, 9.17) is 0 Å². The van der Waals surface area contributed by atoms with Gasteiger partial charge in [-0.15, -0.1) is 0 Å². The zero-order chi connectivity index (χ0) is 8.39. The van der Waals surface area contributed by atoms with Gasteiger partial charge >= 0.3 is 0 Å². The normalized spacial score (nSPS) is 10.1. The lowest BCUT2D eigenvalue weighted by molar-refractivity contribution is 0.870. The number of nitrogens with zero attached hydrogens (tertiary/aromatic N) is 4. The molecule has 0 aliphatic carbocycles. The summed E-state index contributed by atoms with van der Waals surface area (Å²) in [6.45, 7) is 1.95. The number of hydrogen-bond donors (Lipinski definition) is 0. The van der Waals surface area contributed by atoms with Crippen molar-refractivity contribution in [2.45, 2.75) is 6.92 Å². The Morgan fingerprint density at radius 1 is 1.33 bits per heavy atom. The second kappa shape index (κ2) is 2.73. The molecule has 0 amide bonds. The van der Waals surface area contributed by atoms with Crippen LogP contribution in [0.15, 0.2) is 31.0 Å². The van der Waals surface area contributed by atoms with Crippen LogP contribution < -0.4 is 0 Å². The molecule has 0 bridgehead atoms. The maximum Gasteiger partial charge on any atom is 0.138 e. The number of pyridine rings is 1. The first-order valence-corrected chi connectivity index (χ1v) is 3.64. The number of rotatable bonds is 1. The van der Waals surface area contributed by atoms with E-state index in [1.807, 2.05) is 19.1 Å². The van der Waals surface area contributed by atoms with Gasteiger partial charge in [0.2, 0.25) is 0 Å². The fourth-order valence-corrected chi connectivity index (χ4v) is 0.937. The van der Waals surface area contributed by atoms with Crippen molar-refractivity contribution in [1.82, 2.24) is 19.7 Å². The Bertz CT molecular complexity index is 349. The molecule has 0 aromatic carbocycles. The van der Waals surface area contributed by atoms with Gasteiger partial charge in [-0.2, -0.15) is 5.10 Å². The van der Waals surface area contributed by atoms with Crippen molar-refractivity contribution >= 4 is 0 Å². The molecule has 2 aromatic heterocycles. The molecule has 4 nitrogen and oxygen atoms in total. The summed E-state index contributed by atoms with van der Waals surface area (Å²) in [5.74, 6) is 0.